The number of aliphatic hydroxyl groups excluding tert-OH is 1. The standard InChI is InChI=1S/C14H15BrClNOS/c1-9(12-3-2-11(15)6-13(12)16)17-7-14(18)10-4-5-19-8-10/h2-6,8-9,14,17-18H,7H2,1H3. The third-order valence-electron chi connectivity index (χ3n) is 2.97. The van der Waals surface area contributed by atoms with Gasteiger partial charge >= 0.3 is 0 Å². The van der Waals surface area contributed by atoms with Crippen LogP contribution in [-0.2, 0) is 0 Å². The predicted molar refractivity (Wildman–Crippen MR) is 84.8 cm³/mol. The first kappa shape index (κ1) is 15.0. The molecule has 5 heteroatoms. The van der Waals surface area contributed by atoms with Gasteiger partial charge in [0.1, 0.15) is 0 Å². The van der Waals surface area contributed by atoms with Crippen LogP contribution in [0.3, 0.4) is 0 Å². The number of benzene rings is 1. The van der Waals surface area contributed by atoms with Crippen LogP contribution >= 0.6 is 38.9 Å². The molecule has 102 valence electrons. The Morgan fingerprint density at radius 1 is 1.42 bits per heavy atom. The van der Waals surface area contributed by atoms with E-state index in [0.717, 1.165) is 20.6 Å². The van der Waals surface area contributed by atoms with Crippen molar-refractivity contribution in [2.24, 2.45) is 0 Å². The van der Waals surface area contributed by atoms with Crippen LogP contribution in [0.4, 0.5) is 0 Å². The fourth-order valence-electron chi connectivity index (χ4n) is 1.83. The fourth-order valence-corrected chi connectivity index (χ4v) is 3.38. The van der Waals surface area contributed by atoms with Gasteiger partial charge in [-0.2, -0.15) is 11.3 Å². The average molecular weight is 361 g/mol. The van der Waals surface area contributed by atoms with E-state index in [0.29, 0.717) is 6.54 Å². The Bertz CT molecular complexity index is 532. The Labute approximate surface area is 130 Å². The first-order chi connectivity index (χ1) is 9.08. The molecular formula is C14H15BrClNOS. The molecule has 19 heavy (non-hydrogen) atoms. The minimum Gasteiger partial charge on any atom is -0.387 e. The summed E-state index contributed by atoms with van der Waals surface area (Å²) in [7, 11) is 0. The highest BCUT2D eigenvalue weighted by atomic mass is 79.9. The van der Waals surface area contributed by atoms with Crippen molar-refractivity contribution in [3.8, 4) is 0 Å². The van der Waals surface area contributed by atoms with Crippen LogP contribution in [0.25, 0.3) is 0 Å². The summed E-state index contributed by atoms with van der Waals surface area (Å²) in [5.41, 5.74) is 1.98. The molecule has 2 rings (SSSR count). The van der Waals surface area contributed by atoms with E-state index in [4.69, 9.17) is 11.6 Å². The third kappa shape index (κ3) is 4.04. The third-order valence-corrected chi connectivity index (χ3v) is 4.50. The minimum atomic E-state index is -0.483. The first-order valence-corrected chi connectivity index (χ1v) is 8.08. The number of rotatable bonds is 5. The zero-order chi connectivity index (χ0) is 13.8. The Kier molecular flexibility index (Phi) is 5.42. The van der Waals surface area contributed by atoms with Crippen molar-refractivity contribution >= 4 is 38.9 Å². The quantitative estimate of drug-likeness (QED) is 0.820. The zero-order valence-electron chi connectivity index (χ0n) is 10.4. The summed E-state index contributed by atoms with van der Waals surface area (Å²) in [6, 6.07) is 7.86. The maximum absolute atomic E-state index is 10.0. The van der Waals surface area contributed by atoms with Gasteiger partial charge in [0.25, 0.3) is 0 Å². The summed E-state index contributed by atoms with van der Waals surface area (Å²) >= 11 is 11.2. The van der Waals surface area contributed by atoms with Crippen molar-refractivity contribution in [2.45, 2.75) is 19.1 Å². The van der Waals surface area contributed by atoms with Crippen LogP contribution in [0.2, 0.25) is 5.02 Å². The van der Waals surface area contributed by atoms with Gasteiger partial charge < -0.3 is 10.4 Å². The smallest absolute Gasteiger partial charge is 0.0922 e. The van der Waals surface area contributed by atoms with Gasteiger partial charge in [0, 0.05) is 22.1 Å². The summed E-state index contributed by atoms with van der Waals surface area (Å²) in [4.78, 5) is 0. The average Bonchev–Trinajstić information content (AvgIpc) is 2.89. The molecule has 0 saturated carbocycles. The molecule has 1 heterocycles. The molecule has 0 spiro atoms. The molecule has 0 aliphatic carbocycles. The van der Waals surface area contributed by atoms with Gasteiger partial charge in [0.2, 0.25) is 0 Å². The van der Waals surface area contributed by atoms with Gasteiger partial charge in [-0.15, -0.1) is 0 Å². The second-order valence-corrected chi connectivity index (χ2v) is 6.47. The summed E-state index contributed by atoms with van der Waals surface area (Å²) < 4.78 is 0.965. The SMILES string of the molecule is CC(NCC(O)c1ccsc1)c1ccc(Br)cc1Cl. The van der Waals surface area contributed by atoms with Crippen molar-refractivity contribution in [1.82, 2.24) is 5.32 Å². The minimum absolute atomic E-state index is 0.0916. The van der Waals surface area contributed by atoms with Gasteiger partial charge in [-0.1, -0.05) is 33.6 Å². The van der Waals surface area contributed by atoms with Crippen LogP contribution in [-0.4, -0.2) is 11.7 Å². The van der Waals surface area contributed by atoms with Gasteiger partial charge in [-0.25, -0.2) is 0 Å². The highest BCUT2D eigenvalue weighted by molar-refractivity contribution is 9.10. The largest absolute Gasteiger partial charge is 0.387 e. The van der Waals surface area contributed by atoms with Crippen molar-refractivity contribution < 1.29 is 5.11 Å². The fraction of sp³-hybridized carbons (Fsp3) is 0.286. The van der Waals surface area contributed by atoms with Gasteiger partial charge in [-0.05, 0) is 47.0 Å². The van der Waals surface area contributed by atoms with Crippen molar-refractivity contribution in [3.05, 3.63) is 55.6 Å². The molecule has 2 N–H and O–H groups in total. The van der Waals surface area contributed by atoms with E-state index in [1.165, 1.54) is 0 Å². The monoisotopic (exact) mass is 359 g/mol. The van der Waals surface area contributed by atoms with E-state index in [-0.39, 0.29) is 6.04 Å². The topological polar surface area (TPSA) is 32.3 Å². The number of hydrogen-bond donors (Lipinski definition) is 2. The lowest BCUT2D eigenvalue weighted by Gasteiger charge is -2.18. The van der Waals surface area contributed by atoms with Crippen LogP contribution < -0.4 is 5.32 Å². The number of thiophene rings is 1. The van der Waals surface area contributed by atoms with E-state index >= 15 is 0 Å². The van der Waals surface area contributed by atoms with Crippen molar-refractivity contribution in [1.29, 1.82) is 0 Å². The Morgan fingerprint density at radius 2 is 2.21 bits per heavy atom. The van der Waals surface area contributed by atoms with Crippen LogP contribution in [0.1, 0.15) is 30.2 Å². The lowest BCUT2D eigenvalue weighted by molar-refractivity contribution is 0.171. The van der Waals surface area contributed by atoms with Gasteiger partial charge in [0.15, 0.2) is 0 Å². The van der Waals surface area contributed by atoms with Crippen LogP contribution in [0, 0.1) is 0 Å². The van der Waals surface area contributed by atoms with Gasteiger partial charge in [-0.3, -0.25) is 0 Å². The summed E-state index contributed by atoms with van der Waals surface area (Å²) in [5, 5.41) is 18.0. The Balaban J connectivity index is 1.96. The van der Waals surface area contributed by atoms with E-state index in [1.807, 2.05) is 41.9 Å². The summed E-state index contributed by atoms with van der Waals surface area (Å²) in [6.07, 6.45) is -0.483. The summed E-state index contributed by atoms with van der Waals surface area (Å²) in [6.45, 7) is 2.54. The molecule has 1 aromatic carbocycles. The zero-order valence-corrected chi connectivity index (χ0v) is 13.6. The molecule has 2 atom stereocenters. The van der Waals surface area contributed by atoms with E-state index < -0.39 is 6.10 Å². The molecule has 2 unspecified atom stereocenters. The Morgan fingerprint density at radius 3 is 2.84 bits per heavy atom. The van der Waals surface area contributed by atoms with E-state index in [1.54, 1.807) is 11.3 Å². The normalized spacial score (nSPS) is 14.3. The first-order valence-electron chi connectivity index (χ1n) is 5.96. The second-order valence-electron chi connectivity index (χ2n) is 4.37. The molecule has 1 aromatic heterocycles. The Hall–Kier alpha value is -0.390. The molecule has 0 aliphatic heterocycles. The second kappa shape index (κ2) is 6.86. The van der Waals surface area contributed by atoms with Crippen LogP contribution in [0.5, 0.6) is 0 Å². The molecule has 0 bridgehead atoms. The number of hydrogen-bond acceptors (Lipinski definition) is 3. The number of halogens is 2. The molecule has 0 saturated heterocycles. The molecule has 0 aliphatic rings. The predicted octanol–water partition coefficient (Wildman–Crippen LogP) is 4.55. The van der Waals surface area contributed by atoms with Gasteiger partial charge in [0.05, 0.1) is 6.10 Å². The van der Waals surface area contributed by atoms with E-state index in [2.05, 4.69) is 21.2 Å². The molecular weight excluding hydrogens is 346 g/mol. The summed E-state index contributed by atoms with van der Waals surface area (Å²) in [5.74, 6) is 0. The maximum atomic E-state index is 10.0. The molecule has 0 amide bonds. The highest BCUT2D eigenvalue weighted by Gasteiger charge is 2.13. The van der Waals surface area contributed by atoms with Crippen LogP contribution in [0.15, 0.2) is 39.5 Å². The molecule has 0 fully saturated rings. The van der Waals surface area contributed by atoms with Crippen molar-refractivity contribution in [3.63, 3.8) is 0 Å². The number of aliphatic hydroxyl groups is 1. The molecule has 2 aromatic rings. The van der Waals surface area contributed by atoms with E-state index in [9.17, 15) is 5.11 Å². The highest BCUT2D eigenvalue weighted by Crippen LogP contribution is 2.26. The lowest BCUT2D eigenvalue weighted by Crippen LogP contribution is -2.24. The lowest BCUT2D eigenvalue weighted by atomic mass is 10.1. The molecule has 2 nitrogen and oxygen atoms in total. The maximum Gasteiger partial charge on any atom is 0.0922 e. The molecule has 0 radical (unpaired) electrons. The number of nitrogens with one attached hydrogen (secondary N) is 1. The van der Waals surface area contributed by atoms with Crippen molar-refractivity contribution in [2.75, 3.05) is 6.54 Å².